The Morgan fingerprint density at radius 1 is 1.20 bits per heavy atom. The van der Waals surface area contributed by atoms with Crippen LogP contribution >= 0.6 is 0 Å². The van der Waals surface area contributed by atoms with Crippen LogP contribution in [0, 0.1) is 0 Å². The van der Waals surface area contributed by atoms with Crippen LogP contribution in [0.4, 0.5) is 18.9 Å². The van der Waals surface area contributed by atoms with E-state index in [1.807, 2.05) is 25.1 Å². The van der Waals surface area contributed by atoms with Gasteiger partial charge in [-0.2, -0.15) is 13.2 Å². The van der Waals surface area contributed by atoms with Crippen LogP contribution < -0.4 is 10.2 Å². The van der Waals surface area contributed by atoms with Gasteiger partial charge in [0.2, 0.25) is 5.91 Å². The molecule has 1 N–H and O–H groups in total. The fourth-order valence-corrected chi connectivity index (χ4v) is 2.94. The summed E-state index contributed by atoms with van der Waals surface area (Å²) >= 11 is 0. The second-order valence-electron chi connectivity index (χ2n) is 6.02. The molecule has 0 saturated carbocycles. The molecule has 0 bridgehead atoms. The fourth-order valence-electron chi connectivity index (χ4n) is 2.94. The molecule has 2 atom stereocenters. The average molecular weight is 349 g/mol. The molecule has 0 aliphatic carbocycles. The second-order valence-corrected chi connectivity index (χ2v) is 6.02. The molecule has 1 aliphatic heterocycles. The number of hydrogen-bond donors (Lipinski definition) is 1. The number of nitrogens with zero attached hydrogens (tertiary/aromatic N) is 2. The van der Waals surface area contributed by atoms with Crippen molar-refractivity contribution in [2.45, 2.75) is 31.6 Å². The third-order valence-electron chi connectivity index (χ3n) is 4.29. The third-order valence-corrected chi connectivity index (χ3v) is 4.29. The minimum atomic E-state index is -4.38. The molecule has 1 aliphatic rings. The molecule has 0 unspecified atom stereocenters. The normalized spacial score (nSPS) is 19.3. The van der Waals surface area contributed by atoms with Crippen LogP contribution in [0.15, 0.2) is 48.7 Å². The maximum Gasteiger partial charge on any atom is 0.416 e. The number of amides is 1. The van der Waals surface area contributed by atoms with Gasteiger partial charge in [0.1, 0.15) is 0 Å². The SMILES string of the molecule is C[C@@H](N[C@@H]1CCN(c2ccc(C(F)(F)F)cc2)C1=O)c1ccccn1. The van der Waals surface area contributed by atoms with Gasteiger partial charge in [0.25, 0.3) is 0 Å². The van der Waals surface area contributed by atoms with Crippen LogP contribution in [-0.4, -0.2) is 23.5 Å². The Hall–Kier alpha value is -2.41. The molecule has 2 aromatic rings. The summed E-state index contributed by atoms with van der Waals surface area (Å²) in [6.45, 7) is 2.40. The number of benzene rings is 1. The average Bonchev–Trinajstić information content (AvgIpc) is 2.96. The van der Waals surface area contributed by atoms with Crippen molar-refractivity contribution in [2.24, 2.45) is 0 Å². The molecule has 1 saturated heterocycles. The maximum atomic E-state index is 12.6. The van der Waals surface area contributed by atoms with Gasteiger partial charge >= 0.3 is 6.18 Å². The zero-order chi connectivity index (χ0) is 18.0. The number of anilines is 1. The highest BCUT2D eigenvalue weighted by molar-refractivity contribution is 5.99. The summed E-state index contributed by atoms with van der Waals surface area (Å²) in [5.41, 5.74) is 0.595. The van der Waals surface area contributed by atoms with Crippen molar-refractivity contribution < 1.29 is 18.0 Å². The molecule has 0 spiro atoms. The third kappa shape index (κ3) is 3.82. The second kappa shape index (κ2) is 6.84. The van der Waals surface area contributed by atoms with Crippen LogP contribution in [0.3, 0.4) is 0 Å². The number of nitrogens with one attached hydrogen (secondary N) is 1. The van der Waals surface area contributed by atoms with Crippen molar-refractivity contribution in [3.05, 3.63) is 59.9 Å². The molecular weight excluding hydrogens is 331 g/mol. The number of carbonyl (C=O) groups is 1. The van der Waals surface area contributed by atoms with Crippen molar-refractivity contribution >= 4 is 11.6 Å². The zero-order valence-electron chi connectivity index (χ0n) is 13.6. The van der Waals surface area contributed by atoms with E-state index >= 15 is 0 Å². The zero-order valence-corrected chi connectivity index (χ0v) is 13.6. The molecule has 3 rings (SSSR count). The number of alkyl halides is 3. The summed E-state index contributed by atoms with van der Waals surface area (Å²) in [6.07, 6.45) is -2.09. The van der Waals surface area contributed by atoms with Gasteiger partial charge in [-0.3, -0.25) is 15.1 Å². The highest BCUT2D eigenvalue weighted by atomic mass is 19.4. The molecule has 7 heteroatoms. The largest absolute Gasteiger partial charge is 0.416 e. The summed E-state index contributed by atoms with van der Waals surface area (Å²) in [5.74, 6) is -0.137. The van der Waals surface area contributed by atoms with Crippen molar-refractivity contribution in [3.63, 3.8) is 0 Å². The summed E-state index contributed by atoms with van der Waals surface area (Å²) in [6, 6.07) is 9.79. The van der Waals surface area contributed by atoms with E-state index in [0.717, 1.165) is 17.8 Å². The minimum absolute atomic E-state index is 0.0947. The molecule has 1 aromatic carbocycles. The van der Waals surface area contributed by atoms with Crippen LogP contribution in [0.25, 0.3) is 0 Å². The van der Waals surface area contributed by atoms with Gasteiger partial charge in [0.05, 0.1) is 17.3 Å². The lowest BCUT2D eigenvalue weighted by Gasteiger charge is -2.20. The van der Waals surface area contributed by atoms with Crippen molar-refractivity contribution in [2.75, 3.05) is 11.4 Å². The van der Waals surface area contributed by atoms with E-state index in [0.29, 0.717) is 18.7 Å². The standard InChI is InChI=1S/C18H18F3N3O/c1-12(15-4-2-3-10-22-15)23-16-9-11-24(17(16)25)14-7-5-13(6-8-14)18(19,20)21/h2-8,10,12,16,23H,9,11H2,1H3/t12-,16-/m1/s1. The number of pyridine rings is 1. The maximum absolute atomic E-state index is 12.6. The van der Waals surface area contributed by atoms with E-state index in [2.05, 4.69) is 10.3 Å². The topological polar surface area (TPSA) is 45.2 Å². The number of aromatic nitrogens is 1. The Bertz CT molecular complexity index is 731. The molecule has 0 radical (unpaired) electrons. The first kappa shape index (κ1) is 17.4. The molecule has 4 nitrogen and oxygen atoms in total. The lowest BCUT2D eigenvalue weighted by atomic mass is 10.1. The first-order chi connectivity index (χ1) is 11.9. The predicted molar refractivity (Wildman–Crippen MR) is 88.0 cm³/mol. The summed E-state index contributed by atoms with van der Waals surface area (Å²) < 4.78 is 37.9. The molecular formula is C18H18F3N3O. The van der Waals surface area contributed by atoms with Crippen LogP contribution in [0.2, 0.25) is 0 Å². The molecule has 1 amide bonds. The quantitative estimate of drug-likeness (QED) is 0.918. The van der Waals surface area contributed by atoms with Gasteiger partial charge < -0.3 is 4.90 Å². The lowest BCUT2D eigenvalue weighted by Crippen LogP contribution is -2.39. The monoisotopic (exact) mass is 349 g/mol. The number of halogens is 3. The van der Waals surface area contributed by atoms with Gasteiger partial charge in [-0.1, -0.05) is 6.07 Å². The van der Waals surface area contributed by atoms with E-state index < -0.39 is 11.7 Å². The van der Waals surface area contributed by atoms with Gasteiger partial charge in [0, 0.05) is 24.5 Å². The Morgan fingerprint density at radius 2 is 1.92 bits per heavy atom. The van der Waals surface area contributed by atoms with Crippen LogP contribution in [0.1, 0.15) is 30.6 Å². The van der Waals surface area contributed by atoms with Gasteiger partial charge in [0.15, 0.2) is 0 Å². The number of carbonyl (C=O) groups excluding carboxylic acids is 1. The lowest BCUT2D eigenvalue weighted by molar-refractivity contribution is -0.137. The van der Waals surface area contributed by atoms with Gasteiger partial charge in [-0.15, -0.1) is 0 Å². The number of rotatable bonds is 4. The van der Waals surface area contributed by atoms with Crippen molar-refractivity contribution in [1.29, 1.82) is 0 Å². The summed E-state index contributed by atoms with van der Waals surface area (Å²) in [4.78, 5) is 18.4. The van der Waals surface area contributed by atoms with Crippen LogP contribution in [-0.2, 0) is 11.0 Å². The molecule has 2 heterocycles. The molecule has 25 heavy (non-hydrogen) atoms. The van der Waals surface area contributed by atoms with Crippen molar-refractivity contribution in [3.8, 4) is 0 Å². The smallest absolute Gasteiger partial charge is 0.311 e. The van der Waals surface area contributed by atoms with E-state index in [1.54, 1.807) is 6.20 Å². The number of hydrogen-bond acceptors (Lipinski definition) is 3. The van der Waals surface area contributed by atoms with E-state index in [1.165, 1.54) is 17.0 Å². The van der Waals surface area contributed by atoms with E-state index in [-0.39, 0.29) is 18.0 Å². The highest BCUT2D eigenvalue weighted by Gasteiger charge is 2.34. The molecule has 1 aromatic heterocycles. The van der Waals surface area contributed by atoms with Crippen molar-refractivity contribution in [1.82, 2.24) is 10.3 Å². The Morgan fingerprint density at radius 3 is 2.52 bits per heavy atom. The highest BCUT2D eigenvalue weighted by Crippen LogP contribution is 2.31. The Kier molecular flexibility index (Phi) is 4.76. The van der Waals surface area contributed by atoms with Crippen LogP contribution in [0.5, 0.6) is 0 Å². The van der Waals surface area contributed by atoms with E-state index in [9.17, 15) is 18.0 Å². The fraction of sp³-hybridized carbons (Fsp3) is 0.333. The predicted octanol–water partition coefficient (Wildman–Crippen LogP) is 3.56. The van der Waals surface area contributed by atoms with Gasteiger partial charge in [-0.25, -0.2) is 0 Å². The van der Waals surface area contributed by atoms with Gasteiger partial charge in [-0.05, 0) is 49.7 Å². The first-order valence-electron chi connectivity index (χ1n) is 8.02. The Labute approximate surface area is 143 Å². The van der Waals surface area contributed by atoms with E-state index in [4.69, 9.17) is 0 Å². The first-order valence-corrected chi connectivity index (χ1v) is 8.02. The molecule has 1 fully saturated rings. The molecule has 132 valence electrons. The summed E-state index contributed by atoms with van der Waals surface area (Å²) in [7, 11) is 0. The Balaban J connectivity index is 1.67. The minimum Gasteiger partial charge on any atom is -0.311 e. The summed E-state index contributed by atoms with van der Waals surface area (Å²) in [5, 5.41) is 3.25.